The molecule has 1 amide bonds. The molecule has 0 aliphatic carbocycles. The number of hydrogen-bond donors (Lipinski definition) is 0. The van der Waals surface area contributed by atoms with Crippen LogP contribution in [0.2, 0.25) is 0 Å². The number of likely N-dealkylation sites (tertiary alicyclic amines) is 2. The van der Waals surface area contributed by atoms with Gasteiger partial charge in [-0.1, -0.05) is 19.1 Å². The van der Waals surface area contributed by atoms with Gasteiger partial charge < -0.3 is 9.80 Å². The Balaban J connectivity index is 1.47. The van der Waals surface area contributed by atoms with Gasteiger partial charge in [0.25, 0.3) is 0 Å². The van der Waals surface area contributed by atoms with Gasteiger partial charge in [-0.15, -0.1) is 0 Å². The summed E-state index contributed by atoms with van der Waals surface area (Å²) in [5.41, 5.74) is 2.61. The lowest BCUT2D eigenvalue weighted by Gasteiger charge is -2.37. The zero-order valence-electron chi connectivity index (χ0n) is 18.2. The van der Waals surface area contributed by atoms with Crippen LogP contribution in [0.1, 0.15) is 56.1 Å². The SMILES string of the molecule is CC1CC(c2ccc(C#N)c3ncccc23)CN(C(=O)CCC2CCN(C)CC2)C1. The third kappa shape index (κ3) is 4.49. The van der Waals surface area contributed by atoms with Crippen LogP contribution in [0.15, 0.2) is 30.5 Å². The Morgan fingerprint density at radius 1 is 1.23 bits per heavy atom. The molecule has 2 aliphatic rings. The third-order valence-corrected chi connectivity index (χ3v) is 6.98. The zero-order valence-corrected chi connectivity index (χ0v) is 18.2. The monoisotopic (exact) mass is 404 g/mol. The quantitative estimate of drug-likeness (QED) is 0.767. The Morgan fingerprint density at radius 3 is 2.80 bits per heavy atom. The second-order valence-corrected chi connectivity index (χ2v) is 9.34. The molecule has 2 aromatic rings. The van der Waals surface area contributed by atoms with Crippen LogP contribution in [0, 0.1) is 23.2 Å². The molecular formula is C25H32N4O. The molecular weight excluding hydrogens is 372 g/mol. The molecule has 5 nitrogen and oxygen atoms in total. The molecule has 158 valence electrons. The molecule has 3 heterocycles. The van der Waals surface area contributed by atoms with Crippen LogP contribution < -0.4 is 0 Å². The minimum absolute atomic E-state index is 0.292. The highest BCUT2D eigenvalue weighted by atomic mass is 16.2. The summed E-state index contributed by atoms with van der Waals surface area (Å²) in [6, 6.07) is 10.2. The Labute approximate surface area is 179 Å². The van der Waals surface area contributed by atoms with Gasteiger partial charge in [-0.25, -0.2) is 0 Å². The molecule has 30 heavy (non-hydrogen) atoms. The van der Waals surface area contributed by atoms with E-state index in [9.17, 15) is 10.1 Å². The number of piperidine rings is 2. The summed E-state index contributed by atoms with van der Waals surface area (Å²) in [5.74, 6) is 1.76. The van der Waals surface area contributed by atoms with Gasteiger partial charge in [-0.2, -0.15) is 5.26 Å². The van der Waals surface area contributed by atoms with Crippen molar-refractivity contribution >= 4 is 16.8 Å². The number of pyridine rings is 1. The number of hydrogen-bond acceptors (Lipinski definition) is 4. The third-order valence-electron chi connectivity index (χ3n) is 6.98. The maximum Gasteiger partial charge on any atom is 0.222 e. The Morgan fingerprint density at radius 2 is 2.03 bits per heavy atom. The van der Waals surface area contributed by atoms with Gasteiger partial charge in [0.05, 0.1) is 11.1 Å². The molecule has 0 N–H and O–H groups in total. The first-order valence-electron chi connectivity index (χ1n) is 11.3. The fourth-order valence-electron chi connectivity index (χ4n) is 5.26. The maximum atomic E-state index is 13.1. The average Bonchev–Trinajstić information content (AvgIpc) is 2.77. The fourth-order valence-corrected chi connectivity index (χ4v) is 5.26. The van der Waals surface area contributed by atoms with Gasteiger partial charge in [0.2, 0.25) is 5.91 Å². The number of fused-ring (bicyclic) bond motifs is 1. The summed E-state index contributed by atoms with van der Waals surface area (Å²) in [6.07, 6.45) is 6.93. The summed E-state index contributed by atoms with van der Waals surface area (Å²) in [5, 5.41) is 10.5. The molecule has 2 atom stereocenters. The second-order valence-electron chi connectivity index (χ2n) is 9.34. The highest BCUT2D eigenvalue weighted by Gasteiger charge is 2.30. The summed E-state index contributed by atoms with van der Waals surface area (Å²) < 4.78 is 0. The van der Waals surface area contributed by atoms with Crippen molar-refractivity contribution in [3.8, 4) is 6.07 Å². The van der Waals surface area contributed by atoms with Crippen molar-refractivity contribution in [1.82, 2.24) is 14.8 Å². The first-order valence-corrected chi connectivity index (χ1v) is 11.3. The lowest BCUT2D eigenvalue weighted by Crippen LogP contribution is -2.42. The Kier molecular flexibility index (Phi) is 6.34. The van der Waals surface area contributed by atoms with E-state index in [1.165, 1.54) is 18.4 Å². The van der Waals surface area contributed by atoms with Gasteiger partial charge in [0.1, 0.15) is 6.07 Å². The van der Waals surface area contributed by atoms with E-state index in [0.29, 0.717) is 35.6 Å². The van der Waals surface area contributed by atoms with Crippen molar-refractivity contribution in [1.29, 1.82) is 5.26 Å². The lowest BCUT2D eigenvalue weighted by molar-refractivity contribution is -0.133. The van der Waals surface area contributed by atoms with E-state index >= 15 is 0 Å². The van der Waals surface area contributed by atoms with Crippen molar-refractivity contribution in [2.45, 2.75) is 44.9 Å². The van der Waals surface area contributed by atoms with Gasteiger partial charge in [-0.05, 0) is 75.4 Å². The van der Waals surface area contributed by atoms with Crippen LogP contribution in [-0.2, 0) is 4.79 Å². The van der Waals surface area contributed by atoms with E-state index in [2.05, 4.69) is 47.0 Å². The minimum atomic E-state index is 0.292. The lowest BCUT2D eigenvalue weighted by atomic mass is 9.83. The van der Waals surface area contributed by atoms with Crippen LogP contribution in [-0.4, -0.2) is 53.9 Å². The van der Waals surface area contributed by atoms with E-state index in [0.717, 1.165) is 49.9 Å². The molecule has 2 fully saturated rings. The molecule has 4 rings (SSSR count). The molecule has 1 aromatic heterocycles. The Hall–Kier alpha value is -2.45. The normalized spacial score (nSPS) is 23.4. The van der Waals surface area contributed by atoms with Gasteiger partial charge in [0, 0.05) is 37.0 Å². The molecule has 0 radical (unpaired) electrons. The predicted octanol–water partition coefficient (Wildman–Crippen LogP) is 4.18. The van der Waals surface area contributed by atoms with Crippen LogP contribution in [0.3, 0.4) is 0 Å². The molecule has 2 saturated heterocycles. The summed E-state index contributed by atoms with van der Waals surface area (Å²) in [7, 11) is 2.18. The van der Waals surface area contributed by atoms with E-state index in [4.69, 9.17) is 0 Å². The summed E-state index contributed by atoms with van der Waals surface area (Å²) in [6.45, 7) is 6.18. The predicted molar refractivity (Wildman–Crippen MR) is 119 cm³/mol. The first kappa shape index (κ1) is 20.8. The smallest absolute Gasteiger partial charge is 0.222 e. The first-order chi connectivity index (χ1) is 14.5. The molecule has 0 saturated carbocycles. The summed E-state index contributed by atoms with van der Waals surface area (Å²) >= 11 is 0. The number of nitriles is 1. The van der Waals surface area contributed by atoms with E-state index in [1.54, 1.807) is 6.20 Å². The number of aromatic nitrogens is 1. The van der Waals surface area contributed by atoms with Crippen LogP contribution in [0.5, 0.6) is 0 Å². The number of amides is 1. The molecule has 2 unspecified atom stereocenters. The topological polar surface area (TPSA) is 60.2 Å². The van der Waals surface area contributed by atoms with Gasteiger partial charge >= 0.3 is 0 Å². The molecule has 1 aromatic carbocycles. The molecule has 5 heteroatoms. The molecule has 0 spiro atoms. The number of carbonyl (C=O) groups excluding carboxylic acids is 1. The fraction of sp³-hybridized carbons (Fsp3) is 0.560. The largest absolute Gasteiger partial charge is 0.342 e. The number of carbonyl (C=O) groups is 1. The number of rotatable bonds is 4. The van der Waals surface area contributed by atoms with E-state index < -0.39 is 0 Å². The highest BCUT2D eigenvalue weighted by molar-refractivity contribution is 5.87. The number of benzene rings is 1. The Bertz CT molecular complexity index is 942. The van der Waals surface area contributed by atoms with Gasteiger partial charge in [0.15, 0.2) is 0 Å². The molecule has 2 aliphatic heterocycles. The van der Waals surface area contributed by atoms with Crippen LogP contribution in [0.4, 0.5) is 0 Å². The van der Waals surface area contributed by atoms with Crippen molar-refractivity contribution in [2.75, 3.05) is 33.2 Å². The van der Waals surface area contributed by atoms with Crippen LogP contribution >= 0.6 is 0 Å². The van der Waals surface area contributed by atoms with Crippen molar-refractivity contribution in [3.63, 3.8) is 0 Å². The second kappa shape index (κ2) is 9.14. The number of nitrogens with zero attached hydrogens (tertiary/aromatic N) is 4. The van der Waals surface area contributed by atoms with Crippen molar-refractivity contribution < 1.29 is 4.79 Å². The van der Waals surface area contributed by atoms with Crippen molar-refractivity contribution in [2.24, 2.45) is 11.8 Å². The highest BCUT2D eigenvalue weighted by Crippen LogP contribution is 2.35. The average molecular weight is 405 g/mol. The van der Waals surface area contributed by atoms with Gasteiger partial charge in [-0.3, -0.25) is 9.78 Å². The maximum absolute atomic E-state index is 13.1. The van der Waals surface area contributed by atoms with Crippen molar-refractivity contribution in [3.05, 3.63) is 41.6 Å². The molecule has 0 bridgehead atoms. The summed E-state index contributed by atoms with van der Waals surface area (Å²) in [4.78, 5) is 22.0. The zero-order chi connectivity index (χ0) is 21.1. The van der Waals surface area contributed by atoms with E-state index in [1.807, 2.05) is 12.1 Å². The minimum Gasteiger partial charge on any atom is -0.342 e. The standard InChI is InChI=1S/C25H32N4O/c1-18-14-21(22-7-6-20(15-26)25-23(22)4-3-11-27-25)17-29(16-18)24(30)8-5-19-9-12-28(2)13-10-19/h3-4,6-7,11,18-19,21H,5,8-10,12-14,16-17H2,1-2H3. The van der Waals surface area contributed by atoms with Crippen LogP contribution in [0.25, 0.3) is 10.9 Å². The van der Waals surface area contributed by atoms with E-state index in [-0.39, 0.29) is 0 Å².